The Morgan fingerprint density at radius 2 is 1.73 bits per heavy atom. The summed E-state index contributed by atoms with van der Waals surface area (Å²) in [7, 11) is 0.696. The van der Waals surface area contributed by atoms with E-state index in [1.54, 1.807) is 12.1 Å². The third kappa shape index (κ3) is 3.66. The van der Waals surface area contributed by atoms with Crippen molar-refractivity contribution in [2.45, 2.75) is 26.4 Å². The fourth-order valence-corrected chi connectivity index (χ4v) is 1.27. The van der Waals surface area contributed by atoms with Crippen molar-refractivity contribution >= 4 is 12.6 Å². The molecule has 0 amide bonds. The van der Waals surface area contributed by atoms with E-state index >= 15 is 0 Å². The molecule has 0 saturated carbocycles. The zero-order valence-corrected chi connectivity index (χ0v) is 9.51. The summed E-state index contributed by atoms with van der Waals surface area (Å²) in [5.74, 6) is 0. The van der Waals surface area contributed by atoms with Crippen LogP contribution < -0.4 is 5.46 Å². The van der Waals surface area contributed by atoms with Gasteiger partial charge in [0.05, 0.1) is 0 Å². The third-order valence-corrected chi connectivity index (χ3v) is 2.59. The molecule has 0 unspecified atom stereocenters. The molecule has 1 aromatic carbocycles. The van der Waals surface area contributed by atoms with E-state index in [9.17, 15) is 0 Å². The van der Waals surface area contributed by atoms with Crippen molar-refractivity contribution < 1.29 is 10.0 Å². The minimum atomic E-state index is -1.37. The molecule has 0 heterocycles. The Hall–Kier alpha value is -0.835. The van der Waals surface area contributed by atoms with Crippen LogP contribution in [0.15, 0.2) is 24.3 Å². The number of hydrogen-bond donors (Lipinski definition) is 2. The van der Waals surface area contributed by atoms with Crippen LogP contribution in [0.4, 0.5) is 0 Å². The first-order valence-electron chi connectivity index (χ1n) is 5.16. The number of nitrogens with zero attached hydrogens (tertiary/aromatic N) is 1. The molecule has 1 aromatic rings. The van der Waals surface area contributed by atoms with E-state index in [0.717, 1.165) is 6.54 Å². The molecule has 0 aliphatic heterocycles. The summed E-state index contributed by atoms with van der Waals surface area (Å²) in [5.41, 5.74) is 1.71. The molecule has 0 aromatic heterocycles. The Morgan fingerprint density at radius 3 is 2.13 bits per heavy atom. The van der Waals surface area contributed by atoms with Crippen molar-refractivity contribution in [2.75, 3.05) is 7.05 Å². The SMILES string of the molecule is CC(C)N(C)Cc1ccc(B(O)O)cc1. The summed E-state index contributed by atoms with van der Waals surface area (Å²) in [6.45, 7) is 5.16. The van der Waals surface area contributed by atoms with Crippen LogP contribution in [0.3, 0.4) is 0 Å². The van der Waals surface area contributed by atoms with Gasteiger partial charge in [-0.25, -0.2) is 0 Å². The number of rotatable bonds is 4. The quantitative estimate of drug-likeness (QED) is 0.693. The van der Waals surface area contributed by atoms with E-state index in [1.165, 1.54) is 5.56 Å². The van der Waals surface area contributed by atoms with E-state index in [4.69, 9.17) is 10.0 Å². The molecule has 0 atom stereocenters. The lowest BCUT2D eigenvalue weighted by atomic mass is 9.80. The highest BCUT2D eigenvalue weighted by Gasteiger charge is 2.10. The van der Waals surface area contributed by atoms with Gasteiger partial charge in [-0.15, -0.1) is 0 Å². The zero-order chi connectivity index (χ0) is 11.4. The Morgan fingerprint density at radius 1 is 1.20 bits per heavy atom. The second-order valence-corrected chi connectivity index (χ2v) is 4.12. The lowest BCUT2D eigenvalue weighted by molar-refractivity contribution is 0.266. The zero-order valence-electron chi connectivity index (χ0n) is 9.51. The predicted molar refractivity (Wildman–Crippen MR) is 62.9 cm³/mol. The maximum atomic E-state index is 8.93. The second-order valence-electron chi connectivity index (χ2n) is 4.12. The largest absolute Gasteiger partial charge is 0.488 e. The molecule has 0 radical (unpaired) electrons. The molecule has 15 heavy (non-hydrogen) atoms. The van der Waals surface area contributed by atoms with Gasteiger partial charge in [0, 0.05) is 12.6 Å². The van der Waals surface area contributed by atoms with Gasteiger partial charge in [-0.2, -0.15) is 0 Å². The molecule has 0 spiro atoms. The maximum absolute atomic E-state index is 8.93. The molecule has 0 aliphatic carbocycles. The van der Waals surface area contributed by atoms with Gasteiger partial charge < -0.3 is 10.0 Å². The van der Waals surface area contributed by atoms with Gasteiger partial charge in [-0.05, 0) is 31.9 Å². The van der Waals surface area contributed by atoms with Gasteiger partial charge >= 0.3 is 7.12 Å². The summed E-state index contributed by atoms with van der Waals surface area (Å²) >= 11 is 0. The van der Waals surface area contributed by atoms with Crippen LogP contribution in [0.5, 0.6) is 0 Å². The predicted octanol–water partition coefficient (Wildman–Crippen LogP) is 0.207. The van der Waals surface area contributed by atoms with Crippen molar-refractivity contribution in [3.8, 4) is 0 Å². The number of hydrogen-bond acceptors (Lipinski definition) is 3. The normalized spacial score (nSPS) is 11.1. The van der Waals surface area contributed by atoms with Gasteiger partial charge in [-0.1, -0.05) is 24.3 Å². The van der Waals surface area contributed by atoms with Crippen molar-refractivity contribution in [1.82, 2.24) is 4.90 Å². The van der Waals surface area contributed by atoms with Gasteiger partial charge in [0.2, 0.25) is 0 Å². The van der Waals surface area contributed by atoms with E-state index in [0.29, 0.717) is 11.5 Å². The highest BCUT2D eigenvalue weighted by atomic mass is 16.4. The van der Waals surface area contributed by atoms with Crippen LogP contribution in [0.1, 0.15) is 19.4 Å². The molecule has 1 rings (SSSR count). The summed E-state index contributed by atoms with van der Waals surface area (Å²) in [4.78, 5) is 2.23. The molecule has 2 N–H and O–H groups in total. The Labute approximate surface area is 91.5 Å². The average Bonchev–Trinajstić information content (AvgIpc) is 2.18. The van der Waals surface area contributed by atoms with Crippen LogP contribution in [-0.2, 0) is 6.54 Å². The molecule has 0 saturated heterocycles. The van der Waals surface area contributed by atoms with Gasteiger partial charge in [0.1, 0.15) is 0 Å². The molecule has 0 aliphatic rings. The third-order valence-electron chi connectivity index (χ3n) is 2.59. The van der Waals surface area contributed by atoms with Crippen LogP contribution in [0.2, 0.25) is 0 Å². The second kappa shape index (κ2) is 5.30. The van der Waals surface area contributed by atoms with Crippen LogP contribution >= 0.6 is 0 Å². The highest BCUT2D eigenvalue weighted by Crippen LogP contribution is 2.04. The Bertz CT molecular complexity index is 298. The minimum Gasteiger partial charge on any atom is -0.423 e. The monoisotopic (exact) mass is 207 g/mol. The smallest absolute Gasteiger partial charge is 0.423 e. The molecule has 0 fully saturated rings. The summed E-state index contributed by atoms with van der Waals surface area (Å²) < 4.78 is 0. The standard InChI is InChI=1S/C11H18BNO2/c1-9(2)13(3)8-10-4-6-11(7-5-10)12(14)15/h4-7,9,14-15H,8H2,1-3H3. The van der Waals surface area contributed by atoms with Crippen molar-refractivity contribution in [1.29, 1.82) is 0 Å². The first-order valence-corrected chi connectivity index (χ1v) is 5.16. The molecule has 4 heteroatoms. The van der Waals surface area contributed by atoms with Crippen LogP contribution in [0.25, 0.3) is 0 Å². The fraction of sp³-hybridized carbons (Fsp3) is 0.455. The van der Waals surface area contributed by atoms with Crippen LogP contribution in [-0.4, -0.2) is 35.2 Å². The van der Waals surface area contributed by atoms with E-state index < -0.39 is 7.12 Å². The Kier molecular flexibility index (Phi) is 4.33. The topological polar surface area (TPSA) is 43.7 Å². The Balaban J connectivity index is 2.64. The molecule has 3 nitrogen and oxygen atoms in total. The molecular weight excluding hydrogens is 189 g/mol. The molecular formula is C11H18BNO2. The fourth-order valence-electron chi connectivity index (χ4n) is 1.27. The first-order chi connectivity index (χ1) is 7.00. The average molecular weight is 207 g/mol. The highest BCUT2D eigenvalue weighted by molar-refractivity contribution is 6.58. The van der Waals surface area contributed by atoms with E-state index in [2.05, 4.69) is 25.8 Å². The lowest BCUT2D eigenvalue weighted by Crippen LogP contribution is -2.30. The molecule has 0 bridgehead atoms. The number of benzene rings is 1. The minimum absolute atomic E-state index is 0.508. The summed E-state index contributed by atoms with van der Waals surface area (Å²) in [5, 5.41) is 17.9. The van der Waals surface area contributed by atoms with Gasteiger partial charge in [0.15, 0.2) is 0 Å². The van der Waals surface area contributed by atoms with Gasteiger partial charge in [-0.3, -0.25) is 4.90 Å². The maximum Gasteiger partial charge on any atom is 0.488 e. The van der Waals surface area contributed by atoms with E-state index in [-0.39, 0.29) is 0 Å². The lowest BCUT2D eigenvalue weighted by Gasteiger charge is -2.20. The van der Waals surface area contributed by atoms with Crippen molar-refractivity contribution in [3.05, 3.63) is 29.8 Å². The first kappa shape index (κ1) is 12.2. The molecule has 82 valence electrons. The van der Waals surface area contributed by atoms with Crippen molar-refractivity contribution in [2.24, 2.45) is 0 Å². The van der Waals surface area contributed by atoms with Gasteiger partial charge in [0.25, 0.3) is 0 Å². The summed E-state index contributed by atoms with van der Waals surface area (Å²) in [6.07, 6.45) is 0. The van der Waals surface area contributed by atoms with Crippen molar-refractivity contribution in [3.63, 3.8) is 0 Å². The van der Waals surface area contributed by atoms with E-state index in [1.807, 2.05) is 12.1 Å². The van der Waals surface area contributed by atoms with Crippen LogP contribution in [0, 0.1) is 0 Å². The summed E-state index contributed by atoms with van der Waals surface area (Å²) in [6, 6.07) is 7.84.